The second-order valence-corrected chi connectivity index (χ2v) is 2.22. The van der Waals surface area contributed by atoms with E-state index >= 15 is 0 Å². The van der Waals surface area contributed by atoms with Gasteiger partial charge in [0.2, 0.25) is 17.7 Å². The van der Waals surface area contributed by atoms with Gasteiger partial charge in [0.25, 0.3) is 0 Å². The minimum Gasteiger partial charge on any atom is -0.370 e. The Morgan fingerprint density at radius 3 is 0.929 bits per heavy atom. The van der Waals surface area contributed by atoms with Crippen LogP contribution >= 0.6 is 0 Å². The molecule has 0 rings (SSSR count). The molecule has 0 saturated heterocycles. The molecule has 4 N–H and O–H groups in total. The molecule has 0 heterocycles. The molecule has 6 nitrogen and oxygen atoms in total. The molecule has 14 heavy (non-hydrogen) atoms. The van der Waals surface area contributed by atoms with E-state index in [-0.39, 0.29) is 17.7 Å². The van der Waals surface area contributed by atoms with Crippen LogP contribution < -0.4 is 16.4 Å². The lowest BCUT2D eigenvalue weighted by Gasteiger charge is -1.80. The van der Waals surface area contributed by atoms with Crippen LogP contribution in [0.15, 0.2) is 0 Å². The average Bonchev–Trinajstić information content (AvgIpc) is 2.04. The molecule has 0 aromatic carbocycles. The summed E-state index contributed by atoms with van der Waals surface area (Å²) < 4.78 is 0. The van der Waals surface area contributed by atoms with Gasteiger partial charge in [-0.1, -0.05) is 0 Å². The Hall–Kier alpha value is -1.59. The number of hydrogen-bond acceptors (Lipinski definition) is 3. The molecular formula is C8H19N3O3. The number of carbonyl (C=O) groups is 3. The second-order valence-electron chi connectivity index (χ2n) is 2.22. The predicted octanol–water partition coefficient (Wildman–Crippen LogP) is -1.00. The number of nitrogens with two attached hydrogens (primary N) is 1. The third kappa shape index (κ3) is 159. The van der Waals surface area contributed by atoms with Gasteiger partial charge in [-0.3, -0.25) is 14.4 Å². The van der Waals surface area contributed by atoms with Crippen LogP contribution in [0.4, 0.5) is 0 Å². The van der Waals surface area contributed by atoms with Gasteiger partial charge in [0.15, 0.2) is 0 Å². The SMILES string of the molecule is CC(N)=O.CNC(C)=O.CNC(C)=O. The number of amides is 3. The molecule has 0 saturated carbocycles. The Kier molecular flexibility index (Phi) is 18.2. The fourth-order valence-corrected chi connectivity index (χ4v) is 0. The van der Waals surface area contributed by atoms with Crippen LogP contribution in [0, 0.1) is 0 Å². The van der Waals surface area contributed by atoms with Crippen molar-refractivity contribution >= 4 is 17.7 Å². The van der Waals surface area contributed by atoms with Gasteiger partial charge in [-0.25, -0.2) is 0 Å². The van der Waals surface area contributed by atoms with E-state index in [1.807, 2.05) is 0 Å². The molecular weight excluding hydrogens is 186 g/mol. The zero-order valence-electron chi connectivity index (χ0n) is 9.30. The first-order valence-corrected chi connectivity index (χ1v) is 3.90. The first kappa shape index (κ1) is 18.2. The quantitative estimate of drug-likeness (QED) is 0.472. The fraction of sp³-hybridized carbons (Fsp3) is 0.625. The maximum absolute atomic E-state index is 9.70. The van der Waals surface area contributed by atoms with E-state index in [9.17, 15) is 14.4 Å². The minimum atomic E-state index is -0.333. The summed E-state index contributed by atoms with van der Waals surface area (Å²) in [5.74, 6) is -0.324. The summed E-state index contributed by atoms with van der Waals surface area (Å²) >= 11 is 0. The first-order valence-electron chi connectivity index (χ1n) is 3.90. The molecule has 3 amide bonds. The van der Waals surface area contributed by atoms with Gasteiger partial charge in [-0.2, -0.15) is 0 Å². The van der Waals surface area contributed by atoms with E-state index in [2.05, 4.69) is 16.4 Å². The maximum atomic E-state index is 9.70. The van der Waals surface area contributed by atoms with Gasteiger partial charge >= 0.3 is 0 Å². The molecule has 6 heteroatoms. The molecule has 0 fully saturated rings. The molecule has 0 atom stereocenters. The largest absolute Gasteiger partial charge is 0.370 e. The van der Waals surface area contributed by atoms with Crippen molar-refractivity contribution in [2.75, 3.05) is 14.1 Å². The van der Waals surface area contributed by atoms with Crippen LogP contribution in [-0.2, 0) is 14.4 Å². The predicted molar refractivity (Wildman–Crippen MR) is 54.3 cm³/mol. The Balaban J connectivity index is -0.000000131. The highest BCUT2D eigenvalue weighted by atomic mass is 16.2. The Morgan fingerprint density at radius 1 is 0.857 bits per heavy atom. The van der Waals surface area contributed by atoms with E-state index < -0.39 is 0 Å². The second kappa shape index (κ2) is 14.0. The lowest BCUT2D eigenvalue weighted by atomic mass is 10.7. The first-order chi connectivity index (χ1) is 6.27. The van der Waals surface area contributed by atoms with Gasteiger partial charge in [0, 0.05) is 34.9 Å². The zero-order chi connectivity index (χ0) is 12.1. The summed E-state index contributed by atoms with van der Waals surface area (Å²) in [6.45, 7) is 4.25. The summed E-state index contributed by atoms with van der Waals surface area (Å²) in [4.78, 5) is 28.6. The van der Waals surface area contributed by atoms with E-state index in [1.165, 1.54) is 20.8 Å². The van der Waals surface area contributed by atoms with E-state index in [1.54, 1.807) is 14.1 Å². The number of hydrogen-bond donors (Lipinski definition) is 3. The fourth-order valence-electron chi connectivity index (χ4n) is 0. The minimum absolute atomic E-state index is 0.00463. The van der Waals surface area contributed by atoms with Crippen LogP contribution in [0.2, 0.25) is 0 Å². The third-order valence-corrected chi connectivity index (χ3v) is 0.704. The number of primary amides is 1. The van der Waals surface area contributed by atoms with E-state index in [0.717, 1.165) is 0 Å². The standard InChI is InChI=1S/2C3H7NO.C2H5NO/c2*1-3(5)4-2;1-2(3)4/h2*1-2H3,(H,4,5);1H3,(H2,3,4). The molecule has 0 aliphatic carbocycles. The molecule has 0 spiro atoms. The van der Waals surface area contributed by atoms with E-state index in [0.29, 0.717) is 0 Å². The molecule has 0 aliphatic heterocycles. The zero-order valence-corrected chi connectivity index (χ0v) is 9.30. The van der Waals surface area contributed by atoms with Crippen molar-refractivity contribution in [1.29, 1.82) is 0 Å². The number of nitrogens with one attached hydrogen (secondary N) is 2. The van der Waals surface area contributed by atoms with Crippen molar-refractivity contribution in [1.82, 2.24) is 10.6 Å². The Bertz CT molecular complexity index is 163. The monoisotopic (exact) mass is 205 g/mol. The maximum Gasteiger partial charge on any atom is 0.216 e. The highest BCUT2D eigenvalue weighted by Crippen LogP contribution is 1.45. The molecule has 0 bridgehead atoms. The molecule has 0 aliphatic rings. The Morgan fingerprint density at radius 2 is 0.929 bits per heavy atom. The van der Waals surface area contributed by atoms with Gasteiger partial charge in [-0.15, -0.1) is 0 Å². The molecule has 0 aromatic heterocycles. The lowest BCUT2D eigenvalue weighted by Crippen LogP contribution is -2.11. The Labute approximate surface area is 84.2 Å². The van der Waals surface area contributed by atoms with Crippen molar-refractivity contribution in [3.8, 4) is 0 Å². The van der Waals surface area contributed by atoms with Crippen LogP contribution in [0.25, 0.3) is 0 Å². The van der Waals surface area contributed by atoms with Gasteiger partial charge in [0.05, 0.1) is 0 Å². The average molecular weight is 205 g/mol. The summed E-state index contributed by atoms with van der Waals surface area (Å²) in [5, 5.41) is 4.78. The normalized spacial score (nSPS) is 6.64. The molecule has 84 valence electrons. The highest BCUT2D eigenvalue weighted by molar-refractivity contribution is 5.72. The molecule has 0 radical (unpaired) electrons. The topological polar surface area (TPSA) is 101 Å². The van der Waals surface area contributed by atoms with Gasteiger partial charge < -0.3 is 16.4 Å². The summed E-state index contributed by atoms with van der Waals surface area (Å²) in [5.41, 5.74) is 4.47. The van der Waals surface area contributed by atoms with Crippen molar-refractivity contribution in [3.05, 3.63) is 0 Å². The van der Waals surface area contributed by atoms with Gasteiger partial charge in [-0.05, 0) is 0 Å². The van der Waals surface area contributed by atoms with Crippen molar-refractivity contribution in [2.24, 2.45) is 5.73 Å². The van der Waals surface area contributed by atoms with Crippen LogP contribution in [0.1, 0.15) is 20.8 Å². The smallest absolute Gasteiger partial charge is 0.216 e. The van der Waals surface area contributed by atoms with Crippen molar-refractivity contribution in [2.45, 2.75) is 20.8 Å². The van der Waals surface area contributed by atoms with E-state index in [4.69, 9.17) is 0 Å². The summed E-state index contributed by atoms with van der Waals surface area (Å²) in [7, 11) is 3.20. The van der Waals surface area contributed by atoms with Crippen LogP contribution in [0.3, 0.4) is 0 Å². The summed E-state index contributed by atoms with van der Waals surface area (Å²) in [6, 6.07) is 0. The molecule has 0 aromatic rings. The third-order valence-electron chi connectivity index (χ3n) is 0.704. The number of rotatable bonds is 0. The molecule has 0 unspecified atom stereocenters. The van der Waals surface area contributed by atoms with Gasteiger partial charge in [0.1, 0.15) is 0 Å². The van der Waals surface area contributed by atoms with Crippen molar-refractivity contribution in [3.63, 3.8) is 0 Å². The van der Waals surface area contributed by atoms with Crippen molar-refractivity contribution < 1.29 is 14.4 Å². The highest BCUT2D eigenvalue weighted by Gasteiger charge is 1.73. The van der Waals surface area contributed by atoms with Crippen LogP contribution in [-0.4, -0.2) is 31.8 Å². The summed E-state index contributed by atoms with van der Waals surface area (Å²) in [6.07, 6.45) is 0. The van der Waals surface area contributed by atoms with Crippen LogP contribution in [0.5, 0.6) is 0 Å². The number of carbonyl (C=O) groups excluding carboxylic acids is 3. The lowest BCUT2D eigenvalue weighted by molar-refractivity contribution is -0.119.